The Morgan fingerprint density at radius 2 is 1.79 bits per heavy atom. The summed E-state index contributed by atoms with van der Waals surface area (Å²) < 4.78 is 24.5. The number of fused-ring (bicyclic) bond motifs is 2. The molecule has 2 heterocycles. The molecule has 0 aromatic heterocycles. The van der Waals surface area contributed by atoms with Crippen LogP contribution in [0.15, 0.2) is 0 Å². The molecule has 0 spiro atoms. The summed E-state index contributed by atoms with van der Waals surface area (Å²) in [7, 11) is -0.869. The standard InChI is InChI=1S/C9H18N2O2S/c1-10-8-3-4-9(10)7-11(6-5-8)14(2,12)13/h8-9H,3-7H2,1-2H3. The maximum Gasteiger partial charge on any atom is 0.211 e. The third kappa shape index (κ3) is 1.81. The van der Waals surface area contributed by atoms with Crippen LogP contribution in [0.1, 0.15) is 19.3 Å². The zero-order valence-corrected chi connectivity index (χ0v) is 9.63. The van der Waals surface area contributed by atoms with Crippen molar-refractivity contribution < 1.29 is 8.42 Å². The molecule has 0 amide bonds. The van der Waals surface area contributed by atoms with Crippen LogP contribution in [0.25, 0.3) is 0 Å². The van der Waals surface area contributed by atoms with E-state index in [1.54, 1.807) is 4.31 Å². The summed E-state index contributed by atoms with van der Waals surface area (Å²) in [6, 6.07) is 1.05. The van der Waals surface area contributed by atoms with Crippen LogP contribution in [0, 0.1) is 0 Å². The minimum Gasteiger partial charge on any atom is -0.299 e. The average molecular weight is 218 g/mol. The molecule has 14 heavy (non-hydrogen) atoms. The second-order valence-electron chi connectivity index (χ2n) is 4.46. The molecule has 2 bridgehead atoms. The summed E-state index contributed by atoms with van der Waals surface area (Å²) in [4.78, 5) is 2.35. The summed E-state index contributed by atoms with van der Waals surface area (Å²) >= 11 is 0. The highest BCUT2D eigenvalue weighted by Crippen LogP contribution is 2.29. The van der Waals surface area contributed by atoms with Gasteiger partial charge in [0, 0.05) is 25.2 Å². The van der Waals surface area contributed by atoms with E-state index in [1.807, 2.05) is 0 Å². The molecule has 5 heteroatoms. The molecule has 2 rings (SSSR count). The molecule has 4 nitrogen and oxygen atoms in total. The maximum atomic E-state index is 11.4. The zero-order chi connectivity index (χ0) is 10.3. The van der Waals surface area contributed by atoms with Crippen molar-refractivity contribution in [3.63, 3.8) is 0 Å². The van der Waals surface area contributed by atoms with Gasteiger partial charge in [0.25, 0.3) is 0 Å². The highest BCUT2D eigenvalue weighted by atomic mass is 32.2. The van der Waals surface area contributed by atoms with Crippen molar-refractivity contribution in [2.75, 3.05) is 26.4 Å². The van der Waals surface area contributed by atoms with E-state index < -0.39 is 10.0 Å². The van der Waals surface area contributed by atoms with Gasteiger partial charge in [-0.2, -0.15) is 0 Å². The normalized spacial score (nSPS) is 35.9. The quantitative estimate of drug-likeness (QED) is 0.627. The molecule has 82 valence electrons. The average Bonchev–Trinajstić information content (AvgIpc) is 2.23. The third-order valence-corrected chi connectivity index (χ3v) is 4.85. The van der Waals surface area contributed by atoms with Gasteiger partial charge < -0.3 is 0 Å². The van der Waals surface area contributed by atoms with Gasteiger partial charge in [-0.15, -0.1) is 0 Å². The van der Waals surface area contributed by atoms with Crippen molar-refractivity contribution in [2.45, 2.75) is 31.3 Å². The first-order valence-electron chi connectivity index (χ1n) is 5.15. The van der Waals surface area contributed by atoms with Gasteiger partial charge >= 0.3 is 0 Å². The Morgan fingerprint density at radius 1 is 1.14 bits per heavy atom. The lowest BCUT2D eigenvalue weighted by molar-refractivity contribution is 0.247. The summed E-state index contributed by atoms with van der Waals surface area (Å²) in [5.41, 5.74) is 0. The van der Waals surface area contributed by atoms with Crippen molar-refractivity contribution in [1.29, 1.82) is 0 Å². The van der Waals surface area contributed by atoms with E-state index in [1.165, 1.54) is 12.7 Å². The Morgan fingerprint density at radius 3 is 2.43 bits per heavy atom. The van der Waals surface area contributed by atoms with Crippen LogP contribution in [0.4, 0.5) is 0 Å². The fourth-order valence-corrected chi connectivity index (χ4v) is 3.46. The minimum atomic E-state index is -2.99. The van der Waals surface area contributed by atoms with Crippen LogP contribution in [0.2, 0.25) is 0 Å². The van der Waals surface area contributed by atoms with Crippen molar-refractivity contribution in [1.82, 2.24) is 9.21 Å². The van der Waals surface area contributed by atoms with E-state index in [0.717, 1.165) is 12.8 Å². The fourth-order valence-electron chi connectivity index (χ4n) is 2.58. The van der Waals surface area contributed by atoms with Gasteiger partial charge in [0.2, 0.25) is 10.0 Å². The van der Waals surface area contributed by atoms with Crippen molar-refractivity contribution in [2.24, 2.45) is 0 Å². The predicted octanol–water partition coefficient (Wildman–Crippen LogP) is 0.115. The van der Waals surface area contributed by atoms with E-state index >= 15 is 0 Å². The lowest BCUT2D eigenvalue weighted by Crippen LogP contribution is -2.39. The Bertz CT molecular complexity index is 315. The summed E-state index contributed by atoms with van der Waals surface area (Å²) in [5.74, 6) is 0. The highest BCUT2D eigenvalue weighted by Gasteiger charge is 2.36. The zero-order valence-electron chi connectivity index (χ0n) is 8.81. The fraction of sp³-hybridized carbons (Fsp3) is 1.00. The van der Waals surface area contributed by atoms with E-state index in [2.05, 4.69) is 11.9 Å². The Hall–Kier alpha value is -0.130. The Labute approximate surface area is 85.9 Å². The molecule has 0 aliphatic carbocycles. The highest BCUT2D eigenvalue weighted by molar-refractivity contribution is 7.88. The van der Waals surface area contributed by atoms with Crippen LogP contribution in [-0.2, 0) is 10.0 Å². The first kappa shape index (κ1) is 10.4. The molecule has 2 fully saturated rings. The van der Waals surface area contributed by atoms with Crippen LogP contribution in [-0.4, -0.2) is 56.1 Å². The number of nitrogens with zero attached hydrogens (tertiary/aromatic N) is 2. The van der Waals surface area contributed by atoms with E-state index in [0.29, 0.717) is 25.2 Å². The topological polar surface area (TPSA) is 40.6 Å². The van der Waals surface area contributed by atoms with Crippen LogP contribution in [0.3, 0.4) is 0 Å². The first-order valence-corrected chi connectivity index (χ1v) is 7.00. The Kier molecular flexibility index (Phi) is 2.57. The number of hydrogen-bond donors (Lipinski definition) is 0. The van der Waals surface area contributed by atoms with Crippen LogP contribution < -0.4 is 0 Å². The molecule has 2 unspecified atom stereocenters. The number of hydrogen-bond acceptors (Lipinski definition) is 3. The van der Waals surface area contributed by atoms with Crippen LogP contribution >= 0.6 is 0 Å². The number of sulfonamides is 1. The molecule has 0 aromatic rings. The molecule has 0 saturated carbocycles. The molecule has 0 aromatic carbocycles. The number of rotatable bonds is 1. The van der Waals surface area contributed by atoms with Crippen molar-refractivity contribution in [3.8, 4) is 0 Å². The first-order chi connectivity index (χ1) is 6.48. The molecular formula is C9H18N2O2S. The van der Waals surface area contributed by atoms with Gasteiger partial charge in [-0.1, -0.05) is 0 Å². The molecule has 2 atom stereocenters. The molecule has 2 aliphatic heterocycles. The van der Waals surface area contributed by atoms with Gasteiger partial charge in [-0.05, 0) is 26.3 Å². The SMILES string of the molecule is CN1C2CCC1CN(S(C)(=O)=O)CC2. The van der Waals surface area contributed by atoms with Gasteiger partial charge in [0.05, 0.1) is 6.26 Å². The minimum absolute atomic E-state index is 0.442. The van der Waals surface area contributed by atoms with E-state index in [9.17, 15) is 8.42 Å². The van der Waals surface area contributed by atoms with Gasteiger partial charge in [0.15, 0.2) is 0 Å². The Balaban J connectivity index is 2.15. The molecule has 2 aliphatic rings. The van der Waals surface area contributed by atoms with E-state index in [-0.39, 0.29) is 0 Å². The van der Waals surface area contributed by atoms with Gasteiger partial charge in [-0.3, -0.25) is 4.90 Å². The predicted molar refractivity (Wildman–Crippen MR) is 55.6 cm³/mol. The third-order valence-electron chi connectivity index (χ3n) is 3.58. The molecule has 0 N–H and O–H groups in total. The van der Waals surface area contributed by atoms with Gasteiger partial charge in [0.1, 0.15) is 0 Å². The van der Waals surface area contributed by atoms with Crippen LogP contribution in [0.5, 0.6) is 0 Å². The molecule has 0 radical (unpaired) electrons. The number of likely N-dealkylation sites (N-methyl/N-ethyl adjacent to an activating group) is 1. The van der Waals surface area contributed by atoms with Crippen molar-refractivity contribution in [3.05, 3.63) is 0 Å². The monoisotopic (exact) mass is 218 g/mol. The summed E-state index contributed by atoms with van der Waals surface area (Å²) in [6.45, 7) is 1.39. The van der Waals surface area contributed by atoms with E-state index in [4.69, 9.17) is 0 Å². The molecule has 2 saturated heterocycles. The molecular weight excluding hydrogens is 200 g/mol. The summed E-state index contributed by atoms with van der Waals surface area (Å²) in [5, 5.41) is 0. The lowest BCUT2D eigenvalue weighted by atomic mass is 10.1. The van der Waals surface area contributed by atoms with Crippen molar-refractivity contribution >= 4 is 10.0 Å². The largest absolute Gasteiger partial charge is 0.299 e. The summed E-state index contributed by atoms with van der Waals surface area (Å²) in [6.07, 6.45) is 4.68. The smallest absolute Gasteiger partial charge is 0.211 e. The second kappa shape index (κ2) is 3.47. The maximum absolute atomic E-state index is 11.4. The van der Waals surface area contributed by atoms with Gasteiger partial charge in [-0.25, -0.2) is 12.7 Å². The second-order valence-corrected chi connectivity index (χ2v) is 6.44. The lowest BCUT2D eigenvalue weighted by Gasteiger charge is -2.23.